The van der Waals surface area contributed by atoms with Gasteiger partial charge in [-0.05, 0) is 25.0 Å². The lowest BCUT2D eigenvalue weighted by molar-refractivity contribution is 0.462. The van der Waals surface area contributed by atoms with E-state index in [0.29, 0.717) is 12.1 Å². The van der Waals surface area contributed by atoms with Gasteiger partial charge in [0.05, 0.1) is 0 Å². The largest absolute Gasteiger partial charge is 0.310 e. The van der Waals surface area contributed by atoms with E-state index in [1.165, 1.54) is 11.5 Å². The minimum Gasteiger partial charge on any atom is -0.310 e. The maximum absolute atomic E-state index is 5.33. The number of thioether (sulfide) groups is 1. The third-order valence-electron chi connectivity index (χ3n) is 2.20. The second kappa shape index (κ2) is 9.12. The van der Waals surface area contributed by atoms with Gasteiger partial charge in [0.15, 0.2) is 0 Å². The van der Waals surface area contributed by atoms with E-state index < -0.39 is 0 Å². The second-order valence-corrected chi connectivity index (χ2v) is 5.59. The molecule has 2 atom stereocenters. The summed E-state index contributed by atoms with van der Waals surface area (Å²) < 4.78 is 0. The molecule has 0 rings (SSSR count). The molecule has 88 valence electrons. The van der Waals surface area contributed by atoms with Gasteiger partial charge in [0.25, 0.3) is 0 Å². The van der Waals surface area contributed by atoms with Gasteiger partial charge in [-0.25, -0.2) is 0 Å². The van der Waals surface area contributed by atoms with Crippen LogP contribution < -0.4 is 5.32 Å². The van der Waals surface area contributed by atoms with Crippen LogP contribution in [0.15, 0.2) is 0 Å². The zero-order valence-electron chi connectivity index (χ0n) is 10.5. The molecule has 2 unspecified atom stereocenters. The summed E-state index contributed by atoms with van der Waals surface area (Å²) in [6.45, 7) is 8.95. The van der Waals surface area contributed by atoms with E-state index in [1.807, 2.05) is 11.8 Å². The van der Waals surface area contributed by atoms with Crippen LogP contribution in [0.3, 0.4) is 0 Å². The van der Waals surface area contributed by atoms with Crippen LogP contribution in [0.5, 0.6) is 0 Å². The fourth-order valence-electron chi connectivity index (χ4n) is 1.39. The Morgan fingerprint density at radius 1 is 1.27 bits per heavy atom. The van der Waals surface area contributed by atoms with Crippen molar-refractivity contribution < 1.29 is 0 Å². The predicted octanol–water partition coefficient (Wildman–Crippen LogP) is 3.16. The average molecular weight is 227 g/mol. The Labute approximate surface area is 99.8 Å². The molecule has 0 radical (unpaired) electrons. The molecule has 0 fully saturated rings. The van der Waals surface area contributed by atoms with Crippen molar-refractivity contribution in [3.05, 3.63) is 0 Å². The van der Waals surface area contributed by atoms with E-state index in [1.54, 1.807) is 0 Å². The van der Waals surface area contributed by atoms with Gasteiger partial charge in [0, 0.05) is 24.3 Å². The first-order chi connectivity index (χ1) is 7.10. The first-order valence-corrected chi connectivity index (χ1v) is 7.02. The summed E-state index contributed by atoms with van der Waals surface area (Å²) in [5.41, 5.74) is 0. The minimum atomic E-state index is 0.490. The van der Waals surface area contributed by atoms with Crippen LogP contribution in [0.2, 0.25) is 0 Å². The molecule has 0 amide bonds. The van der Waals surface area contributed by atoms with Crippen LogP contribution in [0, 0.1) is 18.3 Å². The molecule has 15 heavy (non-hydrogen) atoms. The lowest BCUT2D eigenvalue weighted by Gasteiger charge is -2.20. The number of rotatable bonds is 8. The lowest BCUT2D eigenvalue weighted by atomic mass is 10.1. The van der Waals surface area contributed by atoms with Crippen LogP contribution in [-0.2, 0) is 0 Å². The van der Waals surface area contributed by atoms with Crippen LogP contribution in [0.1, 0.15) is 40.5 Å². The summed E-state index contributed by atoms with van der Waals surface area (Å²) in [5, 5.41) is 3.58. The van der Waals surface area contributed by atoms with Crippen molar-refractivity contribution in [3.63, 3.8) is 0 Å². The van der Waals surface area contributed by atoms with E-state index in [0.717, 1.165) is 18.8 Å². The molecule has 0 aliphatic heterocycles. The summed E-state index contributed by atoms with van der Waals surface area (Å²) in [7, 11) is 0. The van der Waals surface area contributed by atoms with Crippen molar-refractivity contribution in [1.82, 2.24) is 5.32 Å². The predicted molar refractivity (Wildman–Crippen MR) is 72.3 cm³/mol. The van der Waals surface area contributed by atoms with Crippen LogP contribution in [0.4, 0.5) is 0 Å². The zero-order valence-corrected chi connectivity index (χ0v) is 11.4. The average Bonchev–Trinajstić information content (AvgIpc) is 2.16. The fraction of sp³-hybridized carbons (Fsp3) is 0.846. The van der Waals surface area contributed by atoms with Crippen LogP contribution in [0.25, 0.3) is 0 Å². The lowest BCUT2D eigenvalue weighted by Crippen LogP contribution is -2.37. The van der Waals surface area contributed by atoms with E-state index in [2.05, 4.69) is 38.9 Å². The summed E-state index contributed by atoms with van der Waals surface area (Å²) in [4.78, 5) is 0. The zero-order chi connectivity index (χ0) is 11.7. The molecular weight excluding hydrogens is 202 g/mol. The van der Waals surface area contributed by atoms with Gasteiger partial charge in [-0.2, -0.15) is 11.8 Å². The third kappa shape index (κ3) is 8.84. The van der Waals surface area contributed by atoms with Crippen molar-refractivity contribution in [3.8, 4) is 12.3 Å². The summed E-state index contributed by atoms with van der Waals surface area (Å²) >= 11 is 2.03. The molecule has 0 aromatic carbocycles. The molecule has 0 saturated heterocycles. The highest BCUT2D eigenvalue weighted by molar-refractivity contribution is 7.99. The Bertz CT molecular complexity index is 183. The minimum absolute atomic E-state index is 0.490. The van der Waals surface area contributed by atoms with Gasteiger partial charge in [-0.1, -0.05) is 20.8 Å². The quantitative estimate of drug-likeness (QED) is 0.639. The number of terminal acetylenes is 1. The van der Waals surface area contributed by atoms with Crippen molar-refractivity contribution in [2.75, 3.05) is 11.5 Å². The third-order valence-corrected chi connectivity index (χ3v) is 3.83. The molecule has 0 spiro atoms. The van der Waals surface area contributed by atoms with E-state index in [-0.39, 0.29) is 0 Å². The molecule has 2 heteroatoms. The molecule has 0 aliphatic carbocycles. The van der Waals surface area contributed by atoms with Crippen molar-refractivity contribution in [2.45, 2.75) is 52.6 Å². The number of hydrogen-bond donors (Lipinski definition) is 1. The van der Waals surface area contributed by atoms with E-state index in [4.69, 9.17) is 6.42 Å². The van der Waals surface area contributed by atoms with Gasteiger partial charge in [0.1, 0.15) is 0 Å². The molecule has 0 aromatic rings. The Balaban J connectivity index is 3.62. The highest BCUT2D eigenvalue weighted by atomic mass is 32.2. The summed E-state index contributed by atoms with van der Waals surface area (Å²) in [6, 6.07) is 1.05. The highest BCUT2D eigenvalue weighted by Gasteiger charge is 2.09. The molecule has 0 aromatic heterocycles. The molecule has 0 bridgehead atoms. The van der Waals surface area contributed by atoms with Gasteiger partial charge < -0.3 is 5.32 Å². The van der Waals surface area contributed by atoms with E-state index >= 15 is 0 Å². The van der Waals surface area contributed by atoms with Gasteiger partial charge in [-0.15, -0.1) is 12.3 Å². The highest BCUT2D eigenvalue weighted by Crippen LogP contribution is 2.09. The maximum Gasteiger partial charge on any atom is 0.0240 e. The van der Waals surface area contributed by atoms with Crippen molar-refractivity contribution in [2.24, 2.45) is 5.92 Å². The Kier molecular flexibility index (Phi) is 9.04. The second-order valence-electron chi connectivity index (χ2n) is 4.51. The standard InChI is InChI=1S/C13H25NS/c1-6-8-13(7-2)14-12(5)10-15-9-11(3)4/h1,11-14H,7-10H2,2-5H3. The first-order valence-electron chi connectivity index (χ1n) is 5.87. The number of nitrogens with one attached hydrogen (secondary N) is 1. The van der Waals surface area contributed by atoms with Gasteiger partial charge in [-0.3, -0.25) is 0 Å². The molecular formula is C13H25NS. The SMILES string of the molecule is C#CCC(CC)NC(C)CSCC(C)C. The number of hydrogen-bond acceptors (Lipinski definition) is 2. The first kappa shape index (κ1) is 14.9. The maximum atomic E-state index is 5.33. The Hall–Kier alpha value is -0.130. The molecule has 0 heterocycles. The fourth-order valence-corrected chi connectivity index (χ4v) is 2.45. The smallest absolute Gasteiger partial charge is 0.0240 e. The Morgan fingerprint density at radius 3 is 2.40 bits per heavy atom. The Morgan fingerprint density at radius 2 is 1.93 bits per heavy atom. The molecule has 1 nitrogen and oxygen atoms in total. The molecule has 0 saturated carbocycles. The van der Waals surface area contributed by atoms with Crippen molar-refractivity contribution in [1.29, 1.82) is 0 Å². The van der Waals surface area contributed by atoms with E-state index in [9.17, 15) is 0 Å². The molecule has 1 N–H and O–H groups in total. The summed E-state index contributed by atoms with van der Waals surface area (Å²) in [5.74, 6) is 5.94. The summed E-state index contributed by atoms with van der Waals surface area (Å²) in [6.07, 6.45) is 7.28. The van der Waals surface area contributed by atoms with Gasteiger partial charge >= 0.3 is 0 Å². The van der Waals surface area contributed by atoms with Crippen molar-refractivity contribution >= 4 is 11.8 Å². The normalized spacial score (nSPS) is 14.9. The van der Waals surface area contributed by atoms with Crippen LogP contribution in [-0.4, -0.2) is 23.6 Å². The van der Waals surface area contributed by atoms with Gasteiger partial charge in [0.2, 0.25) is 0 Å². The topological polar surface area (TPSA) is 12.0 Å². The van der Waals surface area contributed by atoms with Crippen LogP contribution >= 0.6 is 11.8 Å². The monoisotopic (exact) mass is 227 g/mol. The molecule has 0 aliphatic rings.